The maximum atomic E-state index is 12.4. The number of rotatable bonds is 13. The highest BCUT2D eigenvalue weighted by molar-refractivity contribution is 6.03. The fourth-order valence-electron chi connectivity index (χ4n) is 14.5. The molecule has 2 spiro atoms. The Hall–Kier alpha value is -5.25. The number of hydrogen-bond acceptors (Lipinski definition) is 8. The van der Waals surface area contributed by atoms with Crippen LogP contribution in [0.5, 0.6) is 28.7 Å². The molecule has 9 heteroatoms. The lowest BCUT2D eigenvalue weighted by Crippen LogP contribution is -2.68. The Kier molecular flexibility index (Phi) is 11.3. The van der Waals surface area contributed by atoms with Crippen LogP contribution in [0.1, 0.15) is 129 Å². The summed E-state index contributed by atoms with van der Waals surface area (Å²) in [4.78, 5) is 8.91. The van der Waals surface area contributed by atoms with Crippen LogP contribution >= 0.6 is 0 Å². The number of allylic oxidation sites excluding steroid dienone is 1. The molecule has 64 heavy (non-hydrogen) atoms. The Balaban J connectivity index is 0.970. The van der Waals surface area contributed by atoms with Gasteiger partial charge in [0, 0.05) is 35.7 Å². The van der Waals surface area contributed by atoms with Crippen LogP contribution in [0, 0.1) is 28.6 Å². The van der Waals surface area contributed by atoms with E-state index in [2.05, 4.69) is 47.6 Å². The van der Waals surface area contributed by atoms with E-state index < -0.39 is 6.10 Å². The van der Waals surface area contributed by atoms with Gasteiger partial charge in [-0.15, -0.1) is 0 Å². The van der Waals surface area contributed by atoms with Gasteiger partial charge >= 0.3 is 0 Å². The zero-order chi connectivity index (χ0) is 44.2. The summed E-state index contributed by atoms with van der Waals surface area (Å²) in [6.45, 7) is 3.76. The number of nitrogens with one attached hydrogen (secondary N) is 2. The number of aliphatic hydroxyl groups excluding tert-OH is 1. The van der Waals surface area contributed by atoms with Crippen molar-refractivity contribution in [3.63, 3.8) is 0 Å². The fraction of sp³-hybridized carbons (Fsp3) is 0.473. The van der Waals surface area contributed by atoms with E-state index in [1.165, 1.54) is 98.5 Å². The van der Waals surface area contributed by atoms with Gasteiger partial charge in [0.15, 0.2) is 23.0 Å². The third-order valence-electron chi connectivity index (χ3n) is 17.2. The summed E-state index contributed by atoms with van der Waals surface area (Å²) in [5, 5.41) is 70.9. The summed E-state index contributed by atoms with van der Waals surface area (Å²) >= 11 is 0. The summed E-state index contributed by atoms with van der Waals surface area (Å²) in [5.41, 5.74) is 8.05. The summed E-state index contributed by atoms with van der Waals surface area (Å²) in [6.07, 6.45) is 27.0. The predicted octanol–water partition coefficient (Wildman–Crippen LogP) is 10.7. The van der Waals surface area contributed by atoms with Gasteiger partial charge in [-0.25, -0.2) is 4.98 Å². The quantitative estimate of drug-likeness (QED) is 0.0251. The number of aryl methyl sites for hydroxylation is 3. The molecule has 336 valence electrons. The number of phenolic OH excluding ortho intramolecular Hbond substituents is 5. The van der Waals surface area contributed by atoms with Gasteiger partial charge < -0.3 is 40.9 Å². The molecule has 3 fully saturated rings. The second-order valence-electron chi connectivity index (χ2n) is 20.1. The topological polar surface area (TPSA) is 162 Å². The van der Waals surface area contributed by atoms with E-state index in [-0.39, 0.29) is 56.3 Å². The number of aromatic amines is 1. The summed E-state index contributed by atoms with van der Waals surface area (Å²) in [6, 6.07) is 16.4. The van der Waals surface area contributed by atoms with Gasteiger partial charge in [0.25, 0.3) is 0 Å². The van der Waals surface area contributed by atoms with E-state index in [0.29, 0.717) is 46.8 Å². The summed E-state index contributed by atoms with van der Waals surface area (Å²) in [7, 11) is 0. The molecule has 5 aliphatic rings. The van der Waals surface area contributed by atoms with Crippen molar-refractivity contribution in [3.05, 3.63) is 118 Å². The van der Waals surface area contributed by atoms with Crippen LogP contribution in [-0.2, 0) is 37.6 Å². The normalized spacial score (nSPS) is 28.2. The van der Waals surface area contributed by atoms with E-state index in [1.54, 1.807) is 18.2 Å². The molecule has 0 bridgehead atoms. The Morgan fingerprint density at radius 3 is 2.53 bits per heavy atom. The number of aliphatic hydroxyl groups is 1. The molecule has 0 amide bonds. The van der Waals surface area contributed by atoms with E-state index in [9.17, 15) is 30.6 Å². The molecule has 0 radical (unpaired) electrons. The molecule has 10 rings (SSSR count). The van der Waals surface area contributed by atoms with Crippen molar-refractivity contribution in [2.24, 2.45) is 28.6 Å². The van der Waals surface area contributed by atoms with Crippen LogP contribution in [0.3, 0.4) is 0 Å². The zero-order valence-electron chi connectivity index (χ0n) is 37.3. The molecule has 3 saturated carbocycles. The van der Waals surface area contributed by atoms with Crippen LogP contribution in [0.25, 0.3) is 22.9 Å². The van der Waals surface area contributed by atoms with Gasteiger partial charge in [0.1, 0.15) is 5.75 Å². The van der Waals surface area contributed by atoms with Gasteiger partial charge in [0.2, 0.25) is 0 Å². The molecule has 0 aliphatic heterocycles. The molecule has 4 aromatic carbocycles. The first-order valence-electron chi connectivity index (χ1n) is 24.2. The third-order valence-corrected chi connectivity index (χ3v) is 17.2. The van der Waals surface area contributed by atoms with Gasteiger partial charge in [-0.1, -0.05) is 93.3 Å². The van der Waals surface area contributed by atoms with Crippen molar-refractivity contribution in [3.8, 4) is 28.7 Å². The van der Waals surface area contributed by atoms with Crippen LogP contribution in [0.4, 0.5) is 0 Å². The maximum Gasteiger partial charge on any atom is 0.169 e. The second kappa shape index (κ2) is 17.0. The SMILES string of the molecule is CCCCCc1cc(CCc2c(O)c(O)c3c(O)cccc3c2C=Cc2ccc(O)c(O)c2)ccc1CNCC12c3nc[nH]c3CCC3CCCC31CCC13CCCC1C=CC(O)C32. The second-order valence-corrected chi connectivity index (χ2v) is 20.1. The molecule has 5 aromatic rings. The van der Waals surface area contributed by atoms with Crippen LogP contribution in [-0.4, -0.2) is 53.3 Å². The van der Waals surface area contributed by atoms with Crippen molar-refractivity contribution in [1.29, 1.82) is 0 Å². The number of imidazole rings is 1. The largest absolute Gasteiger partial charge is 0.507 e. The first-order chi connectivity index (χ1) is 31.1. The molecule has 5 aliphatic carbocycles. The summed E-state index contributed by atoms with van der Waals surface area (Å²) in [5.74, 6) is 0.0686. The molecular weight excluding hydrogens is 799 g/mol. The minimum absolute atomic E-state index is 0.0998. The van der Waals surface area contributed by atoms with Crippen molar-refractivity contribution in [1.82, 2.24) is 15.3 Å². The number of fused-ring (bicyclic) bond motifs is 4. The number of phenols is 5. The van der Waals surface area contributed by atoms with Crippen molar-refractivity contribution in [2.45, 2.75) is 128 Å². The number of unbranched alkanes of at least 4 members (excludes halogenated alkanes) is 2. The number of aromatic nitrogens is 2. The van der Waals surface area contributed by atoms with Gasteiger partial charge in [-0.2, -0.15) is 0 Å². The van der Waals surface area contributed by atoms with E-state index in [1.807, 2.05) is 18.5 Å². The lowest BCUT2D eigenvalue weighted by atomic mass is 9.38. The van der Waals surface area contributed by atoms with Crippen molar-refractivity contribution < 1.29 is 30.6 Å². The number of H-pyrrole nitrogens is 1. The lowest BCUT2D eigenvalue weighted by Gasteiger charge is -2.66. The highest BCUT2D eigenvalue weighted by Crippen LogP contribution is 2.74. The molecule has 7 atom stereocenters. The smallest absolute Gasteiger partial charge is 0.169 e. The van der Waals surface area contributed by atoms with Gasteiger partial charge in [-0.05, 0) is 151 Å². The monoisotopic (exact) mass is 863 g/mol. The highest BCUT2D eigenvalue weighted by Gasteiger charge is 2.72. The molecule has 0 saturated heterocycles. The first-order valence-corrected chi connectivity index (χ1v) is 24.2. The molecule has 7 unspecified atom stereocenters. The minimum Gasteiger partial charge on any atom is -0.507 e. The van der Waals surface area contributed by atoms with Crippen molar-refractivity contribution in [2.75, 3.05) is 6.54 Å². The number of benzene rings is 4. The summed E-state index contributed by atoms with van der Waals surface area (Å²) < 4.78 is 0. The average Bonchev–Trinajstić information content (AvgIpc) is 4.04. The van der Waals surface area contributed by atoms with Crippen LogP contribution in [0.15, 0.2) is 73.1 Å². The fourth-order valence-corrected chi connectivity index (χ4v) is 14.5. The number of hydrogen-bond donors (Lipinski definition) is 8. The average molecular weight is 864 g/mol. The molecule has 8 N–H and O–H groups in total. The standard InChI is InChI=1S/C55H65N3O6/c1-2-3-4-8-36-29-34(15-21-42-40(20-14-35-16-23-44(59)47(62)30-35)41-11-5-12-45(60)48(41)50(64)49(42)63)13-17-37(36)31-56-32-55-51-46(61)24-19-38-9-6-25-53(38,51)27-28-54(55)26-7-10-39(54)18-22-43-52(55)58-33-57-43/h5,11-14,16-17,19-20,23-24,29-30,33,38-39,46,51,56,59-64H,2-4,6-10,15,18,21-22,25-28,31-32H2,1H3,(H,57,58). The molecule has 1 aromatic heterocycles. The Labute approximate surface area is 377 Å². The minimum atomic E-state index is -0.493. The maximum absolute atomic E-state index is 12.4. The first kappa shape index (κ1) is 42.7. The zero-order valence-corrected chi connectivity index (χ0v) is 37.3. The van der Waals surface area contributed by atoms with E-state index in [0.717, 1.165) is 50.8 Å². The van der Waals surface area contributed by atoms with Crippen LogP contribution in [0.2, 0.25) is 0 Å². The van der Waals surface area contributed by atoms with Crippen LogP contribution < -0.4 is 5.32 Å². The Bertz CT molecular complexity index is 2610. The van der Waals surface area contributed by atoms with Crippen molar-refractivity contribution >= 4 is 22.9 Å². The number of aromatic hydroxyl groups is 5. The Morgan fingerprint density at radius 2 is 1.67 bits per heavy atom. The Morgan fingerprint density at radius 1 is 0.797 bits per heavy atom. The predicted molar refractivity (Wildman–Crippen MR) is 252 cm³/mol. The lowest BCUT2D eigenvalue weighted by molar-refractivity contribution is -0.150. The molecular formula is C55H65N3O6. The third kappa shape index (κ3) is 6.83. The van der Waals surface area contributed by atoms with E-state index in [4.69, 9.17) is 4.98 Å². The molecule has 1 heterocycles. The molecule has 9 nitrogen and oxygen atoms in total. The highest BCUT2D eigenvalue weighted by atomic mass is 16.3. The van der Waals surface area contributed by atoms with Gasteiger partial charge in [0.05, 0.1) is 23.5 Å². The van der Waals surface area contributed by atoms with E-state index >= 15 is 0 Å². The van der Waals surface area contributed by atoms with Gasteiger partial charge in [-0.3, -0.25) is 0 Å². The number of nitrogens with zero attached hydrogens (tertiary/aromatic N) is 1.